The summed E-state index contributed by atoms with van der Waals surface area (Å²) in [5.41, 5.74) is -2.13. The van der Waals surface area contributed by atoms with E-state index in [1.807, 2.05) is 6.92 Å². The predicted molar refractivity (Wildman–Crippen MR) is 143 cm³/mol. The molecule has 238 valence electrons. The quantitative estimate of drug-likeness (QED) is 0.198. The molecule has 0 bridgehead atoms. The molecule has 7 rings (SSSR count). The molecule has 0 radical (unpaired) electrons. The van der Waals surface area contributed by atoms with Crippen LogP contribution in [0, 0.1) is 34.5 Å². The van der Waals surface area contributed by atoms with Gasteiger partial charge in [-0.1, -0.05) is 6.92 Å². The highest BCUT2D eigenvalue weighted by Crippen LogP contribution is 2.70. The molecule has 0 amide bonds. The predicted octanol–water partition coefficient (Wildman–Crippen LogP) is 0.515. The third-order valence-corrected chi connectivity index (χ3v) is 12.5. The monoisotopic (exact) mass is 606 g/mol. The lowest BCUT2D eigenvalue weighted by atomic mass is 9.42. The SMILES string of the molecule is CC(=O)O[C@@H]1C[C@]2(O)[C@H]3CC[C@H]4C[C@H]5O[C@@H]6O[C@H](CO)C[C@@H](O)[C@]6(O)O[C@@H]5C[C@]4(C=O)[C@H]3CC[C@]2(C)[C@H]1C1=CC(=O)OC1. The fourth-order valence-electron chi connectivity index (χ4n) is 10.6. The summed E-state index contributed by atoms with van der Waals surface area (Å²) in [6, 6.07) is 0. The van der Waals surface area contributed by atoms with E-state index >= 15 is 0 Å². The lowest BCUT2D eigenvalue weighted by Gasteiger charge is -2.64. The number of carbonyl (C=O) groups excluding carboxylic acids is 3. The Kier molecular flexibility index (Phi) is 6.95. The first kappa shape index (κ1) is 29.8. The zero-order valence-electron chi connectivity index (χ0n) is 24.6. The second kappa shape index (κ2) is 10.0. The Hall–Kier alpha value is -1.93. The van der Waals surface area contributed by atoms with Gasteiger partial charge in [0.25, 0.3) is 0 Å². The van der Waals surface area contributed by atoms with Crippen LogP contribution in [-0.2, 0) is 38.1 Å². The van der Waals surface area contributed by atoms with Crippen LogP contribution < -0.4 is 0 Å². The molecule has 0 aromatic carbocycles. The number of carbonyl (C=O) groups is 3. The molecular weight excluding hydrogens is 564 g/mol. The Balaban J connectivity index is 1.20. The molecule has 43 heavy (non-hydrogen) atoms. The molecule has 0 aromatic heterocycles. The van der Waals surface area contributed by atoms with Gasteiger partial charge < -0.3 is 48.9 Å². The van der Waals surface area contributed by atoms with Crippen molar-refractivity contribution in [2.75, 3.05) is 13.2 Å². The second-order valence-electron chi connectivity index (χ2n) is 14.3. The molecule has 7 aliphatic rings. The van der Waals surface area contributed by atoms with E-state index < -0.39 is 76.9 Å². The average molecular weight is 607 g/mol. The summed E-state index contributed by atoms with van der Waals surface area (Å²) in [4.78, 5) is 37.5. The van der Waals surface area contributed by atoms with Crippen molar-refractivity contribution in [2.45, 2.75) is 113 Å². The molecule has 12 heteroatoms. The van der Waals surface area contributed by atoms with E-state index in [1.54, 1.807) is 0 Å². The summed E-state index contributed by atoms with van der Waals surface area (Å²) < 4.78 is 29.1. The zero-order valence-corrected chi connectivity index (χ0v) is 24.6. The summed E-state index contributed by atoms with van der Waals surface area (Å²) in [5.74, 6) is -3.96. The van der Waals surface area contributed by atoms with Crippen molar-refractivity contribution in [1.82, 2.24) is 0 Å². The lowest BCUT2D eigenvalue weighted by molar-refractivity contribution is -0.459. The van der Waals surface area contributed by atoms with Crippen molar-refractivity contribution < 1.29 is 58.5 Å². The fraction of sp³-hybridized carbons (Fsp3) is 0.839. The van der Waals surface area contributed by atoms with Crippen LogP contribution in [0.4, 0.5) is 0 Å². The summed E-state index contributed by atoms with van der Waals surface area (Å²) in [6.45, 7) is 3.12. The van der Waals surface area contributed by atoms with E-state index in [0.717, 1.165) is 11.9 Å². The van der Waals surface area contributed by atoms with Crippen LogP contribution in [0.15, 0.2) is 11.6 Å². The Morgan fingerprint density at radius 2 is 1.91 bits per heavy atom. The van der Waals surface area contributed by atoms with Crippen LogP contribution in [0.3, 0.4) is 0 Å². The van der Waals surface area contributed by atoms with Crippen LogP contribution in [0.25, 0.3) is 0 Å². The van der Waals surface area contributed by atoms with Crippen molar-refractivity contribution in [3.63, 3.8) is 0 Å². The van der Waals surface area contributed by atoms with Crippen LogP contribution >= 0.6 is 0 Å². The molecule has 14 atom stereocenters. The molecule has 4 saturated carbocycles. The van der Waals surface area contributed by atoms with Gasteiger partial charge in [0.15, 0.2) is 0 Å². The molecule has 0 aromatic rings. The molecule has 3 aliphatic heterocycles. The van der Waals surface area contributed by atoms with Gasteiger partial charge in [-0.15, -0.1) is 0 Å². The zero-order chi connectivity index (χ0) is 30.5. The van der Waals surface area contributed by atoms with E-state index in [0.29, 0.717) is 32.1 Å². The van der Waals surface area contributed by atoms with Crippen LogP contribution in [0.2, 0.25) is 0 Å². The smallest absolute Gasteiger partial charge is 0.331 e. The van der Waals surface area contributed by atoms with Crippen LogP contribution in [0.5, 0.6) is 0 Å². The number of ether oxygens (including phenoxy) is 5. The Morgan fingerprint density at radius 3 is 2.58 bits per heavy atom. The van der Waals surface area contributed by atoms with Gasteiger partial charge in [0.1, 0.15) is 25.1 Å². The summed E-state index contributed by atoms with van der Waals surface area (Å²) in [7, 11) is 0. The largest absolute Gasteiger partial charge is 0.462 e. The van der Waals surface area contributed by atoms with Crippen molar-refractivity contribution in [2.24, 2.45) is 34.5 Å². The third-order valence-electron chi connectivity index (χ3n) is 12.5. The molecule has 0 spiro atoms. The first-order chi connectivity index (χ1) is 20.4. The first-order valence-corrected chi connectivity index (χ1v) is 15.6. The number of rotatable bonds is 4. The van der Waals surface area contributed by atoms with E-state index in [1.165, 1.54) is 13.0 Å². The van der Waals surface area contributed by atoms with Crippen molar-refractivity contribution >= 4 is 18.2 Å². The van der Waals surface area contributed by atoms with Crippen molar-refractivity contribution in [1.29, 1.82) is 0 Å². The maximum Gasteiger partial charge on any atom is 0.331 e. The first-order valence-electron chi connectivity index (χ1n) is 15.6. The number of hydrogen-bond donors (Lipinski definition) is 4. The maximum atomic E-state index is 13.3. The Morgan fingerprint density at radius 1 is 1.12 bits per heavy atom. The Labute approximate surface area is 249 Å². The van der Waals surface area contributed by atoms with E-state index in [2.05, 4.69) is 0 Å². The minimum atomic E-state index is -2.13. The molecule has 3 heterocycles. The minimum Gasteiger partial charge on any atom is -0.462 e. The van der Waals surface area contributed by atoms with Gasteiger partial charge in [0, 0.05) is 42.6 Å². The molecule has 6 fully saturated rings. The van der Waals surface area contributed by atoms with E-state index in [-0.39, 0.29) is 50.2 Å². The number of cyclic esters (lactones) is 1. The van der Waals surface area contributed by atoms with Crippen LogP contribution in [-0.4, -0.2) is 100 Å². The summed E-state index contributed by atoms with van der Waals surface area (Å²) in [5, 5.41) is 44.4. The van der Waals surface area contributed by atoms with E-state index in [4.69, 9.17) is 23.7 Å². The molecule has 0 unspecified atom stereocenters. The number of aliphatic hydroxyl groups excluding tert-OH is 2. The standard InChI is InChI=1S/C31H42O12/c1-15(34)40-23-11-30(37)20-4-3-17-8-21-22(43-31(38)24(35)9-18(12-32)41-27(31)42-21)10-29(17,14-33)19(20)5-6-28(30,2)26(23)16-7-25(36)39-13-16/h7,14,17-24,26-27,32,35,37-38H,3-6,8-13H2,1-2H3/t17-,18-,19-,20-,21+,22+,23+,24+,26-,27-,28+,29+,30-,31-/m0/s1. The third kappa shape index (κ3) is 4.10. The van der Waals surface area contributed by atoms with Crippen LogP contribution in [0.1, 0.15) is 65.2 Å². The van der Waals surface area contributed by atoms with Gasteiger partial charge in [0.2, 0.25) is 12.1 Å². The molecule has 12 nitrogen and oxygen atoms in total. The molecule has 2 saturated heterocycles. The van der Waals surface area contributed by atoms with E-state index in [9.17, 15) is 34.8 Å². The average Bonchev–Trinajstić information content (AvgIpc) is 3.47. The number of aldehydes is 1. The molecule has 4 aliphatic carbocycles. The number of aliphatic hydroxyl groups is 4. The van der Waals surface area contributed by atoms with Gasteiger partial charge >= 0.3 is 11.9 Å². The van der Waals surface area contributed by atoms with Gasteiger partial charge in [-0.2, -0.15) is 0 Å². The highest BCUT2D eigenvalue weighted by atomic mass is 16.8. The molecular formula is C31H42O12. The van der Waals surface area contributed by atoms with Crippen molar-refractivity contribution in [3.8, 4) is 0 Å². The topological polar surface area (TPSA) is 178 Å². The normalized spacial score (nSPS) is 53.7. The lowest BCUT2D eigenvalue weighted by Crippen LogP contribution is -2.71. The number of esters is 2. The van der Waals surface area contributed by atoms with Gasteiger partial charge in [-0.25, -0.2) is 4.79 Å². The fourth-order valence-corrected chi connectivity index (χ4v) is 10.6. The van der Waals surface area contributed by atoms with Crippen molar-refractivity contribution in [3.05, 3.63) is 11.6 Å². The summed E-state index contributed by atoms with van der Waals surface area (Å²) in [6.07, 6.45) is 0.808. The second-order valence-corrected chi connectivity index (χ2v) is 14.3. The minimum absolute atomic E-state index is 0.0280. The summed E-state index contributed by atoms with van der Waals surface area (Å²) >= 11 is 0. The number of fused-ring (bicyclic) bond motifs is 7. The highest BCUT2D eigenvalue weighted by Gasteiger charge is 2.73. The number of hydrogen-bond acceptors (Lipinski definition) is 12. The molecule has 4 N–H and O–H groups in total. The Bertz CT molecular complexity index is 1220. The maximum absolute atomic E-state index is 13.3. The van der Waals surface area contributed by atoms with Gasteiger partial charge in [0.05, 0.1) is 30.5 Å². The van der Waals surface area contributed by atoms with Gasteiger partial charge in [-0.3, -0.25) is 4.79 Å². The van der Waals surface area contributed by atoms with Gasteiger partial charge in [-0.05, 0) is 61.9 Å². The highest BCUT2D eigenvalue weighted by molar-refractivity contribution is 5.85.